The molecule has 0 atom stereocenters. The maximum atomic E-state index is 12.2. The first-order valence-corrected chi connectivity index (χ1v) is 6.62. The van der Waals surface area contributed by atoms with Gasteiger partial charge in [0.25, 0.3) is 5.91 Å². The summed E-state index contributed by atoms with van der Waals surface area (Å²) in [6.07, 6.45) is 0. The van der Waals surface area contributed by atoms with Crippen LogP contribution in [0.25, 0.3) is 0 Å². The molecule has 0 bridgehead atoms. The van der Waals surface area contributed by atoms with Gasteiger partial charge in [0, 0.05) is 10.6 Å². The largest absolute Gasteiger partial charge is 0.320 e. The molecule has 0 saturated carbocycles. The topological polar surface area (TPSA) is 42.0 Å². The van der Waals surface area contributed by atoms with E-state index in [9.17, 15) is 4.79 Å². The number of amides is 1. The van der Waals surface area contributed by atoms with E-state index < -0.39 is 0 Å². The zero-order valence-corrected chi connectivity index (χ0v) is 11.8. The van der Waals surface area contributed by atoms with Crippen molar-refractivity contribution in [2.24, 2.45) is 0 Å². The number of nitrogens with zero attached hydrogens (tertiary/aromatic N) is 1. The molecule has 0 aliphatic carbocycles. The summed E-state index contributed by atoms with van der Waals surface area (Å²) >= 11 is 1.54. The molecule has 2 aromatic rings. The monoisotopic (exact) mass is 260 g/mol. The van der Waals surface area contributed by atoms with Crippen LogP contribution in [0.3, 0.4) is 0 Å². The van der Waals surface area contributed by atoms with Crippen molar-refractivity contribution < 1.29 is 4.79 Å². The van der Waals surface area contributed by atoms with E-state index in [4.69, 9.17) is 0 Å². The van der Waals surface area contributed by atoms with Crippen molar-refractivity contribution in [2.45, 2.75) is 27.7 Å². The molecule has 1 aromatic carbocycles. The van der Waals surface area contributed by atoms with Crippen LogP contribution in [0.5, 0.6) is 0 Å². The zero-order valence-electron chi connectivity index (χ0n) is 11.0. The number of hydrogen-bond acceptors (Lipinski definition) is 3. The van der Waals surface area contributed by atoms with Gasteiger partial charge in [0.05, 0.1) is 5.01 Å². The van der Waals surface area contributed by atoms with Crippen LogP contribution in [0.15, 0.2) is 18.2 Å². The predicted molar refractivity (Wildman–Crippen MR) is 75.5 cm³/mol. The Morgan fingerprint density at radius 3 is 2.28 bits per heavy atom. The zero-order chi connectivity index (χ0) is 13.3. The molecule has 1 amide bonds. The highest BCUT2D eigenvalue weighted by Crippen LogP contribution is 2.22. The van der Waals surface area contributed by atoms with E-state index in [1.165, 1.54) is 0 Å². The minimum Gasteiger partial charge on any atom is -0.320 e. The molecule has 4 heteroatoms. The van der Waals surface area contributed by atoms with Gasteiger partial charge in [0.15, 0.2) is 0 Å². The molecule has 0 aliphatic heterocycles. The average molecular weight is 260 g/mol. The second kappa shape index (κ2) is 4.90. The number of rotatable bonds is 2. The van der Waals surface area contributed by atoms with E-state index in [-0.39, 0.29) is 5.91 Å². The van der Waals surface area contributed by atoms with Crippen molar-refractivity contribution in [3.63, 3.8) is 0 Å². The smallest absolute Gasteiger partial charge is 0.275 e. The lowest BCUT2D eigenvalue weighted by molar-refractivity contribution is 0.102. The van der Waals surface area contributed by atoms with Gasteiger partial charge < -0.3 is 5.32 Å². The summed E-state index contributed by atoms with van der Waals surface area (Å²) in [6, 6.07) is 5.96. The Kier molecular flexibility index (Phi) is 3.48. The number of hydrogen-bond donors (Lipinski definition) is 1. The SMILES string of the molecule is Cc1nc(C(=O)Nc2c(C)cccc2C)c(C)s1. The highest BCUT2D eigenvalue weighted by Gasteiger charge is 2.15. The molecule has 0 unspecified atom stereocenters. The van der Waals surface area contributed by atoms with Gasteiger partial charge in [-0.1, -0.05) is 18.2 Å². The van der Waals surface area contributed by atoms with Crippen LogP contribution in [0, 0.1) is 27.7 Å². The molecule has 0 spiro atoms. The third-order valence-corrected chi connectivity index (χ3v) is 3.72. The summed E-state index contributed by atoms with van der Waals surface area (Å²) in [6.45, 7) is 7.81. The fourth-order valence-corrected chi connectivity index (χ4v) is 2.74. The van der Waals surface area contributed by atoms with E-state index >= 15 is 0 Å². The van der Waals surface area contributed by atoms with E-state index in [2.05, 4.69) is 10.3 Å². The van der Waals surface area contributed by atoms with E-state index in [0.29, 0.717) is 5.69 Å². The predicted octanol–water partition coefficient (Wildman–Crippen LogP) is 3.63. The van der Waals surface area contributed by atoms with Gasteiger partial charge in [-0.25, -0.2) is 4.98 Å². The van der Waals surface area contributed by atoms with Crippen LogP contribution < -0.4 is 5.32 Å². The molecule has 18 heavy (non-hydrogen) atoms. The number of aromatic nitrogens is 1. The summed E-state index contributed by atoms with van der Waals surface area (Å²) < 4.78 is 0. The van der Waals surface area contributed by atoms with Crippen molar-refractivity contribution in [3.8, 4) is 0 Å². The molecule has 0 radical (unpaired) electrons. The molecular formula is C14H16N2OS. The van der Waals surface area contributed by atoms with Crippen molar-refractivity contribution in [1.29, 1.82) is 0 Å². The van der Waals surface area contributed by atoms with E-state index in [1.54, 1.807) is 11.3 Å². The third kappa shape index (κ3) is 2.43. The lowest BCUT2D eigenvalue weighted by Gasteiger charge is -2.10. The molecule has 1 aromatic heterocycles. The molecular weight excluding hydrogens is 244 g/mol. The standard InChI is InChI=1S/C14H16N2OS/c1-8-6-5-7-9(2)12(8)16-14(17)13-10(3)18-11(4)15-13/h5-7H,1-4H3,(H,16,17). The molecule has 3 nitrogen and oxygen atoms in total. The summed E-state index contributed by atoms with van der Waals surface area (Å²) in [7, 11) is 0. The number of anilines is 1. The lowest BCUT2D eigenvalue weighted by atomic mass is 10.1. The van der Waals surface area contributed by atoms with Gasteiger partial charge >= 0.3 is 0 Å². The highest BCUT2D eigenvalue weighted by atomic mass is 32.1. The molecule has 0 saturated heterocycles. The minimum absolute atomic E-state index is 0.130. The second-order valence-corrected chi connectivity index (χ2v) is 5.77. The Labute approximate surface area is 111 Å². The van der Waals surface area contributed by atoms with Crippen LogP contribution >= 0.6 is 11.3 Å². The number of nitrogens with one attached hydrogen (secondary N) is 1. The summed E-state index contributed by atoms with van der Waals surface area (Å²) in [5.74, 6) is -0.130. The van der Waals surface area contributed by atoms with Crippen LogP contribution in [0.2, 0.25) is 0 Å². The Bertz CT molecular complexity index is 582. The Balaban J connectivity index is 2.30. The Hall–Kier alpha value is -1.68. The van der Waals surface area contributed by atoms with Gasteiger partial charge in [0.1, 0.15) is 5.69 Å². The number of benzene rings is 1. The van der Waals surface area contributed by atoms with Gasteiger partial charge in [-0.15, -0.1) is 11.3 Å². The second-order valence-electron chi connectivity index (χ2n) is 4.36. The Morgan fingerprint density at radius 1 is 1.17 bits per heavy atom. The van der Waals surface area contributed by atoms with Gasteiger partial charge in [-0.3, -0.25) is 4.79 Å². The number of thiazole rings is 1. The summed E-state index contributed by atoms with van der Waals surface area (Å²) in [4.78, 5) is 17.4. The maximum Gasteiger partial charge on any atom is 0.275 e. The van der Waals surface area contributed by atoms with Crippen LogP contribution in [-0.2, 0) is 0 Å². The number of carbonyl (C=O) groups excluding carboxylic acids is 1. The highest BCUT2D eigenvalue weighted by molar-refractivity contribution is 7.11. The molecule has 0 fully saturated rings. The summed E-state index contributed by atoms with van der Waals surface area (Å²) in [5, 5.41) is 3.87. The van der Waals surface area contributed by atoms with Crippen molar-refractivity contribution in [3.05, 3.63) is 44.9 Å². The first kappa shape index (κ1) is 12.8. The lowest BCUT2D eigenvalue weighted by Crippen LogP contribution is -2.15. The first-order chi connectivity index (χ1) is 8.49. The average Bonchev–Trinajstić information content (AvgIpc) is 2.63. The van der Waals surface area contributed by atoms with E-state index in [0.717, 1.165) is 26.7 Å². The molecule has 94 valence electrons. The normalized spacial score (nSPS) is 10.4. The first-order valence-electron chi connectivity index (χ1n) is 5.80. The van der Waals surface area contributed by atoms with Crippen LogP contribution in [0.4, 0.5) is 5.69 Å². The maximum absolute atomic E-state index is 12.2. The van der Waals surface area contributed by atoms with Crippen molar-refractivity contribution in [1.82, 2.24) is 4.98 Å². The van der Waals surface area contributed by atoms with E-state index in [1.807, 2.05) is 45.9 Å². The summed E-state index contributed by atoms with van der Waals surface area (Å²) in [5.41, 5.74) is 3.54. The third-order valence-electron chi connectivity index (χ3n) is 2.84. The minimum atomic E-state index is -0.130. The Morgan fingerprint density at radius 2 is 1.78 bits per heavy atom. The number of carbonyl (C=O) groups is 1. The van der Waals surface area contributed by atoms with Gasteiger partial charge in [-0.2, -0.15) is 0 Å². The fraction of sp³-hybridized carbons (Fsp3) is 0.286. The van der Waals surface area contributed by atoms with Crippen molar-refractivity contribution >= 4 is 22.9 Å². The number of para-hydroxylation sites is 1. The molecule has 0 aliphatic rings. The van der Waals surface area contributed by atoms with Crippen LogP contribution in [-0.4, -0.2) is 10.9 Å². The molecule has 2 rings (SSSR count). The number of aryl methyl sites for hydroxylation is 4. The van der Waals surface area contributed by atoms with Crippen molar-refractivity contribution in [2.75, 3.05) is 5.32 Å². The van der Waals surface area contributed by atoms with Gasteiger partial charge in [-0.05, 0) is 38.8 Å². The molecule has 1 N–H and O–H groups in total. The quantitative estimate of drug-likeness (QED) is 0.896. The van der Waals surface area contributed by atoms with Gasteiger partial charge in [0.2, 0.25) is 0 Å². The fourth-order valence-electron chi connectivity index (χ4n) is 1.92. The van der Waals surface area contributed by atoms with Crippen LogP contribution in [0.1, 0.15) is 31.5 Å². The molecule has 1 heterocycles.